The summed E-state index contributed by atoms with van der Waals surface area (Å²) in [5, 5.41) is 8.37. The molecule has 0 radical (unpaired) electrons. The minimum atomic E-state index is -2.87. The van der Waals surface area contributed by atoms with E-state index in [1.54, 1.807) is 13.0 Å². The number of likely N-dealkylation sites (tertiary alicyclic amines) is 1. The van der Waals surface area contributed by atoms with Gasteiger partial charge in [-0.05, 0) is 6.92 Å². The van der Waals surface area contributed by atoms with Crippen LogP contribution < -0.4 is 0 Å². The second kappa shape index (κ2) is 5.21. The molecule has 16 heavy (non-hydrogen) atoms. The maximum atomic E-state index is 13.1. The fourth-order valence-corrected chi connectivity index (χ4v) is 1.76. The van der Waals surface area contributed by atoms with E-state index in [0.29, 0.717) is 6.61 Å². The number of hydrogen-bond donors (Lipinski definition) is 0. The molecule has 0 N–H and O–H groups in total. The Morgan fingerprint density at radius 2 is 2.38 bits per heavy atom. The molecule has 1 heterocycles. The highest BCUT2D eigenvalue weighted by Gasteiger charge is 2.46. The normalized spacial score (nSPS) is 23.1. The number of halogens is 2. The van der Waals surface area contributed by atoms with Crippen molar-refractivity contribution in [3.05, 3.63) is 0 Å². The van der Waals surface area contributed by atoms with Gasteiger partial charge in [0.2, 0.25) is 5.91 Å². The van der Waals surface area contributed by atoms with Crippen molar-refractivity contribution in [3.8, 4) is 6.07 Å². The average molecular weight is 232 g/mol. The van der Waals surface area contributed by atoms with E-state index in [-0.39, 0.29) is 19.4 Å². The van der Waals surface area contributed by atoms with Crippen LogP contribution in [0.1, 0.15) is 19.8 Å². The van der Waals surface area contributed by atoms with Gasteiger partial charge in [-0.3, -0.25) is 4.79 Å². The topological polar surface area (TPSA) is 53.3 Å². The average Bonchev–Trinajstić information content (AvgIpc) is 2.51. The molecule has 1 atom stereocenters. The number of alkyl halides is 2. The van der Waals surface area contributed by atoms with Gasteiger partial charge in [0.25, 0.3) is 5.92 Å². The molecule has 4 nitrogen and oxygen atoms in total. The van der Waals surface area contributed by atoms with Crippen LogP contribution in [0.15, 0.2) is 0 Å². The number of amides is 1. The van der Waals surface area contributed by atoms with Crippen molar-refractivity contribution in [2.75, 3.05) is 19.8 Å². The third kappa shape index (κ3) is 3.14. The summed E-state index contributed by atoms with van der Waals surface area (Å²) in [5.74, 6) is -3.42. The van der Waals surface area contributed by atoms with Gasteiger partial charge in [-0.2, -0.15) is 5.26 Å². The highest BCUT2D eigenvalue weighted by Crippen LogP contribution is 2.32. The van der Waals surface area contributed by atoms with Gasteiger partial charge in [-0.25, -0.2) is 8.78 Å². The minimum Gasteiger partial charge on any atom is -0.380 e. The summed E-state index contributed by atoms with van der Waals surface area (Å²) in [5.41, 5.74) is 0. The third-order valence-electron chi connectivity index (χ3n) is 2.44. The summed E-state index contributed by atoms with van der Waals surface area (Å²) >= 11 is 0. The van der Waals surface area contributed by atoms with Crippen molar-refractivity contribution < 1.29 is 18.3 Å². The van der Waals surface area contributed by atoms with Crippen molar-refractivity contribution in [1.29, 1.82) is 5.26 Å². The predicted octanol–water partition coefficient (Wildman–Crippen LogP) is 1.17. The van der Waals surface area contributed by atoms with Crippen LogP contribution in [-0.4, -0.2) is 42.5 Å². The first-order valence-corrected chi connectivity index (χ1v) is 5.12. The van der Waals surface area contributed by atoms with Gasteiger partial charge in [0, 0.05) is 13.0 Å². The van der Waals surface area contributed by atoms with Gasteiger partial charge in [0.05, 0.1) is 25.3 Å². The molecule has 0 aromatic rings. The van der Waals surface area contributed by atoms with E-state index in [9.17, 15) is 13.6 Å². The first kappa shape index (κ1) is 12.8. The molecule has 1 saturated heterocycles. The van der Waals surface area contributed by atoms with E-state index >= 15 is 0 Å². The second-order valence-corrected chi connectivity index (χ2v) is 3.73. The summed E-state index contributed by atoms with van der Waals surface area (Å²) in [6.07, 6.45) is -0.747. The van der Waals surface area contributed by atoms with Crippen molar-refractivity contribution in [1.82, 2.24) is 4.90 Å². The van der Waals surface area contributed by atoms with Gasteiger partial charge in [0.15, 0.2) is 0 Å². The van der Waals surface area contributed by atoms with Crippen molar-refractivity contribution in [2.24, 2.45) is 0 Å². The summed E-state index contributed by atoms with van der Waals surface area (Å²) in [4.78, 5) is 12.5. The minimum absolute atomic E-state index is 0.100. The molecular weight excluding hydrogens is 218 g/mol. The van der Waals surface area contributed by atoms with E-state index in [1.165, 1.54) is 0 Å². The van der Waals surface area contributed by atoms with E-state index in [2.05, 4.69) is 0 Å². The number of nitrogens with zero attached hydrogens (tertiary/aromatic N) is 2. The van der Waals surface area contributed by atoms with Crippen LogP contribution in [0.2, 0.25) is 0 Å². The standard InChI is InChI=1S/C10H14F2N2O2/c1-2-16-6-8-5-10(11,12)7-14(8)9(15)3-4-13/h8H,2-3,5-7H2,1H3/t8-/m0/s1. The van der Waals surface area contributed by atoms with Crippen LogP contribution in [0.25, 0.3) is 0 Å². The molecule has 1 fully saturated rings. The molecule has 0 spiro atoms. The first-order chi connectivity index (χ1) is 7.50. The molecule has 0 aromatic carbocycles. The highest BCUT2D eigenvalue weighted by molar-refractivity contribution is 5.79. The Balaban J connectivity index is 2.64. The van der Waals surface area contributed by atoms with Crippen molar-refractivity contribution >= 4 is 5.91 Å². The Morgan fingerprint density at radius 1 is 1.69 bits per heavy atom. The third-order valence-corrected chi connectivity index (χ3v) is 2.44. The predicted molar refractivity (Wildman–Crippen MR) is 51.8 cm³/mol. The number of nitriles is 1. The molecule has 0 bridgehead atoms. The molecule has 90 valence electrons. The molecular formula is C10H14F2N2O2. The van der Waals surface area contributed by atoms with Gasteiger partial charge < -0.3 is 9.64 Å². The summed E-state index contributed by atoms with van der Waals surface area (Å²) in [6, 6.07) is 1.06. The van der Waals surface area contributed by atoms with Gasteiger partial charge in [-0.1, -0.05) is 0 Å². The number of ether oxygens (including phenoxy) is 1. The van der Waals surface area contributed by atoms with Gasteiger partial charge in [0.1, 0.15) is 6.42 Å². The molecule has 1 rings (SSSR count). The van der Waals surface area contributed by atoms with Crippen LogP contribution >= 0.6 is 0 Å². The smallest absolute Gasteiger partial charge is 0.267 e. The zero-order valence-electron chi connectivity index (χ0n) is 9.08. The molecule has 1 aliphatic heterocycles. The zero-order chi connectivity index (χ0) is 12.2. The fourth-order valence-electron chi connectivity index (χ4n) is 1.76. The van der Waals surface area contributed by atoms with Crippen molar-refractivity contribution in [3.63, 3.8) is 0 Å². The fraction of sp³-hybridized carbons (Fsp3) is 0.800. The number of hydrogen-bond acceptors (Lipinski definition) is 3. The molecule has 1 amide bonds. The van der Waals surface area contributed by atoms with Crippen LogP contribution in [0, 0.1) is 11.3 Å². The van der Waals surface area contributed by atoms with E-state index in [1.807, 2.05) is 0 Å². The van der Waals surface area contributed by atoms with E-state index in [4.69, 9.17) is 10.00 Å². The molecule has 0 saturated carbocycles. The Kier molecular flexibility index (Phi) is 4.19. The Labute approximate surface area is 92.8 Å². The molecule has 1 aliphatic rings. The number of carbonyl (C=O) groups excluding carboxylic acids is 1. The quantitative estimate of drug-likeness (QED) is 0.731. The van der Waals surface area contributed by atoms with Crippen LogP contribution in [0.4, 0.5) is 8.78 Å². The Hall–Kier alpha value is -1.22. The van der Waals surface area contributed by atoms with E-state index < -0.39 is 24.4 Å². The van der Waals surface area contributed by atoms with Gasteiger partial charge >= 0.3 is 0 Å². The maximum absolute atomic E-state index is 13.1. The van der Waals surface area contributed by atoms with Crippen LogP contribution in [0.3, 0.4) is 0 Å². The zero-order valence-corrected chi connectivity index (χ0v) is 9.08. The van der Waals surface area contributed by atoms with Crippen LogP contribution in [-0.2, 0) is 9.53 Å². The molecule has 0 aromatic heterocycles. The highest BCUT2D eigenvalue weighted by atomic mass is 19.3. The monoisotopic (exact) mass is 232 g/mol. The SMILES string of the molecule is CCOC[C@@H]1CC(F)(F)CN1C(=O)CC#N. The summed E-state index contributed by atoms with van der Waals surface area (Å²) in [7, 11) is 0. The van der Waals surface area contributed by atoms with Gasteiger partial charge in [-0.15, -0.1) is 0 Å². The maximum Gasteiger partial charge on any atom is 0.267 e. The lowest BCUT2D eigenvalue weighted by atomic mass is 10.2. The lowest BCUT2D eigenvalue weighted by Gasteiger charge is -2.22. The van der Waals surface area contributed by atoms with Crippen molar-refractivity contribution in [2.45, 2.75) is 31.7 Å². The van der Waals surface area contributed by atoms with E-state index in [0.717, 1.165) is 4.90 Å². The number of rotatable bonds is 4. The van der Waals surface area contributed by atoms with Crippen LogP contribution in [0.5, 0.6) is 0 Å². The second-order valence-electron chi connectivity index (χ2n) is 3.73. The molecule has 0 unspecified atom stereocenters. The summed E-state index contributed by atoms with van der Waals surface area (Å²) < 4.78 is 31.3. The Morgan fingerprint density at radius 3 is 2.94 bits per heavy atom. The first-order valence-electron chi connectivity index (χ1n) is 5.12. The lowest BCUT2D eigenvalue weighted by Crippen LogP contribution is -2.38. The Bertz CT molecular complexity index is 302. The lowest BCUT2D eigenvalue weighted by molar-refractivity contribution is -0.133. The molecule has 6 heteroatoms. The summed E-state index contributed by atoms with van der Waals surface area (Å²) in [6.45, 7) is 1.67. The largest absolute Gasteiger partial charge is 0.380 e. The molecule has 0 aliphatic carbocycles. The number of carbonyl (C=O) groups is 1.